The van der Waals surface area contributed by atoms with Crippen LogP contribution in [0.3, 0.4) is 0 Å². The third-order valence-electron chi connectivity index (χ3n) is 3.46. The number of carbonyl (C=O) groups is 2. The van der Waals surface area contributed by atoms with Crippen LogP contribution >= 0.6 is 11.6 Å². The topological polar surface area (TPSA) is 70.5 Å². The molecule has 0 aromatic carbocycles. The van der Waals surface area contributed by atoms with E-state index in [0.717, 1.165) is 0 Å². The molecule has 5 nitrogen and oxygen atoms in total. The second-order valence-corrected chi connectivity index (χ2v) is 5.16. The second-order valence-electron chi connectivity index (χ2n) is 4.77. The monoisotopic (exact) mass is 282 g/mol. The highest BCUT2D eigenvalue weighted by atomic mass is 35.5. The quantitative estimate of drug-likeness (QED) is 0.843. The van der Waals surface area contributed by atoms with E-state index < -0.39 is 5.97 Å². The summed E-state index contributed by atoms with van der Waals surface area (Å²) < 4.78 is 0. The van der Waals surface area contributed by atoms with E-state index in [4.69, 9.17) is 16.7 Å². The summed E-state index contributed by atoms with van der Waals surface area (Å²) in [7, 11) is 0. The fraction of sp³-hybridized carbons (Fsp3) is 0.462. The van der Waals surface area contributed by atoms with Gasteiger partial charge in [-0.3, -0.25) is 9.59 Å². The largest absolute Gasteiger partial charge is 0.481 e. The second kappa shape index (κ2) is 5.57. The Morgan fingerprint density at radius 3 is 2.84 bits per heavy atom. The number of carboxylic acids is 1. The van der Waals surface area contributed by atoms with Gasteiger partial charge in [-0.15, -0.1) is 0 Å². The minimum Gasteiger partial charge on any atom is -0.481 e. The van der Waals surface area contributed by atoms with E-state index in [-0.39, 0.29) is 23.0 Å². The van der Waals surface area contributed by atoms with Crippen molar-refractivity contribution in [2.24, 2.45) is 5.92 Å². The Bertz CT molecular complexity index is 506. The molecule has 1 saturated heterocycles. The zero-order valence-corrected chi connectivity index (χ0v) is 11.3. The number of aliphatic carboxylic acids is 1. The molecule has 2 heterocycles. The van der Waals surface area contributed by atoms with Crippen LogP contribution in [0.5, 0.6) is 0 Å². The number of piperidine rings is 1. The fourth-order valence-corrected chi connectivity index (χ4v) is 2.57. The van der Waals surface area contributed by atoms with Gasteiger partial charge in [-0.25, -0.2) is 4.98 Å². The van der Waals surface area contributed by atoms with Gasteiger partial charge in [-0.1, -0.05) is 11.6 Å². The molecule has 1 aliphatic heterocycles. The van der Waals surface area contributed by atoms with E-state index in [1.165, 1.54) is 12.3 Å². The third kappa shape index (κ3) is 3.04. The van der Waals surface area contributed by atoms with Gasteiger partial charge in [-0.2, -0.15) is 0 Å². The maximum absolute atomic E-state index is 12.3. The molecular formula is C13H15ClN2O3. The van der Waals surface area contributed by atoms with Crippen LogP contribution in [0.15, 0.2) is 18.3 Å². The summed E-state index contributed by atoms with van der Waals surface area (Å²) >= 11 is 5.77. The van der Waals surface area contributed by atoms with Crippen LogP contribution in [-0.4, -0.2) is 39.5 Å². The standard InChI is InChI=1S/C13H15ClN2O3/c1-8-6-10(13(18)19)3-5-16(8)12(17)9-2-4-15-11(14)7-9/h2,4,7-8,10H,3,5-6H2,1H3,(H,18,19). The SMILES string of the molecule is CC1CC(C(=O)O)CCN1C(=O)c1ccnc(Cl)c1. The lowest BCUT2D eigenvalue weighted by Gasteiger charge is -2.36. The van der Waals surface area contributed by atoms with E-state index >= 15 is 0 Å². The number of pyridine rings is 1. The van der Waals surface area contributed by atoms with E-state index in [9.17, 15) is 9.59 Å². The zero-order chi connectivity index (χ0) is 14.0. The van der Waals surface area contributed by atoms with Gasteiger partial charge in [-0.05, 0) is 31.9 Å². The van der Waals surface area contributed by atoms with E-state index in [1.807, 2.05) is 6.92 Å². The highest BCUT2D eigenvalue weighted by molar-refractivity contribution is 6.29. The Morgan fingerprint density at radius 1 is 1.53 bits per heavy atom. The average Bonchev–Trinajstić information content (AvgIpc) is 2.37. The lowest BCUT2D eigenvalue weighted by molar-refractivity contribution is -0.143. The fourth-order valence-electron chi connectivity index (χ4n) is 2.40. The van der Waals surface area contributed by atoms with Crippen molar-refractivity contribution in [2.75, 3.05) is 6.54 Å². The Hall–Kier alpha value is -1.62. The maximum atomic E-state index is 12.3. The number of nitrogens with zero attached hydrogens (tertiary/aromatic N) is 2. The van der Waals surface area contributed by atoms with E-state index in [2.05, 4.69) is 4.98 Å². The lowest BCUT2D eigenvalue weighted by atomic mass is 9.91. The third-order valence-corrected chi connectivity index (χ3v) is 3.67. The normalized spacial score (nSPS) is 23.2. The molecule has 1 amide bonds. The first-order chi connectivity index (χ1) is 8.99. The van der Waals surface area contributed by atoms with Crippen molar-refractivity contribution in [3.63, 3.8) is 0 Å². The van der Waals surface area contributed by atoms with Crippen molar-refractivity contribution in [1.82, 2.24) is 9.88 Å². The number of amides is 1. The van der Waals surface area contributed by atoms with Gasteiger partial charge in [0.2, 0.25) is 0 Å². The minimum absolute atomic E-state index is 0.0886. The Labute approximate surface area is 116 Å². The molecule has 1 fully saturated rings. The van der Waals surface area contributed by atoms with Crippen molar-refractivity contribution in [1.29, 1.82) is 0 Å². The van der Waals surface area contributed by atoms with Crippen molar-refractivity contribution in [3.05, 3.63) is 29.0 Å². The highest BCUT2D eigenvalue weighted by Gasteiger charge is 2.32. The zero-order valence-electron chi connectivity index (χ0n) is 10.5. The Morgan fingerprint density at radius 2 is 2.26 bits per heavy atom. The van der Waals surface area contributed by atoms with Crippen LogP contribution in [-0.2, 0) is 4.79 Å². The number of aromatic nitrogens is 1. The highest BCUT2D eigenvalue weighted by Crippen LogP contribution is 2.24. The molecule has 2 atom stereocenters. The Kier molecular flexibility index (Phi) is 4.04. The summed E-state index contributed by atoms with van der Waals surface area (Å²) in [6, 6.07) is 3.05. The van der Waals surface area contributed by atoms with Crippen LogP contribution in [0.1, 0.15) is 30.1 Å². The van der Waals surface area contributed by atoms with E-state index in [0.29, 0.717) is 24.9 Å². The number of carboxylic acid groups (broad SMARTS) is 1. The molecule has 0 radical (unpaired) electrons. The smallest absolute Gasteiger partial charge is 0.306 e. The molecule has 1 N–H and O–H groups in total. The number of hydrogen-bond acceptors (Lipinski definition) is 3. The summed E-state index contributed by atoms with van der Waals surface area (Å²) in [6.45, 7) is 2.33. The summed E-state index contributed by atoms with van der Waals surface area (Å²) in [4.78, 5) is 28.8. The number of carbonyl (C=O) groups excluding carboxylic acids is 1. The predicted octanol–water partition coefficient (Wildman–Crippen LogP) is 2.06. The van der Waals surface area contributed by atoms with Crippen LogP contribution in [0, 0.1) is 5.92 Å². The van der Waals surface area contributed by atoms with Crippen molar-refractivity contribution >= 4 is 23.5 Å². The summed E-state index contributed by atoms with van der Waals surface area (Å²) in [5, 5.41) is 9.28. The molecule has 1 aromatic heterocycles. The first-order valence-corrected chi connectivity index (χ1v) is 6.52. The molecule has 1 aromatic rings. The molecule has 6 heteroatoms. The number of likely N-dealkylation sites (tertiary alicyclic amines) is 1. The van der Waals surface area contributed by atoms with Crippen LogP contribution in [0.4, 0.5) is 0 Å². The molecule has 19 heavy (non-hydrogen) atoms. The van der Waals surface area contributed by atoms with Crippen LogP contribution in [0.2, 0.25) is 5.15 Å². The molecular weight excluding hydrogens is 268 g/mol. The first kappa shape index (κ1) is 13.8. The van der Waals surface area contributed by atoms with Crippen LogP contribution < -0.4 is 0 Å². The van der Waals surface area contributed by atoms with Crippen molar-refractivity contribution in [3.8, 4) is 0 Å². The van der Waals surface area contributed by atoms with Gasteiger partial charge >= 0.3 is 5.97 Å². The molecule has 2 unspecified atom stereocenters. The van der Waals surface area contributed by atoms with Crippen molar-refractivity contribution < 1.29 is 14.7 Å². The number of halogens is 1. The lowest BCUT2D eigenvalue weighted by Crippen LogP contribution is -2.46. The van der Waals surface area contributed by atoms with Gasteiger partial charge in [0.1, 0.15) is 5.15 Å². The van der Waals surface area contributed by atoms with Gasteiger partial charge in [0, 0.05) is 24.3 Å². The summed E-state index contributed by atoms with van der Waals surface area (Å²) in [5.41, 5.74) is 0.487. The van der Waals surface area contributed by atoms with Crippen molar-refractivity contribution in [2.45, 2.75) is 25.8 Å². The van der Waals surface area contributed by atoms with Gasteiger partial charge in [0.15, 0.2) is 0 Å². The molecule has 2 rings (SSSR count). The molecule has 0 spiro atoms. The molecule has 0 saturated carbocycles. The Balaban J connectivity index is 2.11. The van der Waals surface area contributed by atoms with Gasteiger partial charge < -0.3 is 10.0 Å². The molecule has 102 valence electrons. The molecule has 0 bridgehead atoms. The maximum Gasteiger partial charge on any atom is 0.306 e. The number of hydrogen-bond donors (Lipinski definition) is 1. The summed E-state index contributed by atoms with van der Waals surface area (Å²) in [6.07, 6.45) is 2.47. The predicted molar refractivity (Wildman–Crippen MR) is 70.1 cm³/mol. The molecule has 0 aliphatic carbocycles. The van der Waals surface area contributed by atoms with Gasteiger partial charge in [0.25, 0.3) is 5.91 Å². The van der Waals surface area contributed by atoms with Gasteiger partial charge in [0.05, 0.1) is 5.92 Å². The van der Waals surface area contributed by atoms with E-state index in [1.54, 1.807) is 11.0 Å². The first-order valence-electron chi connectivity index (χ1n) is 6.14. The number of rotatable bonds is 2. The minimum atomic E-state index is -0.786. The molecule has 1 aliphatic rings. The summed E-state index contributed by atoms with van der Waals surface area (Å²) in [5.74, 6) is -1.27. The average molecular weight is 283 g/mol. The van der Waals surface area contributed by atoms with Crippen LogP contribution in [0.25, 0.3) is 0 Å².